The molecule has 0 aliphatic carbocycles. The molecule has 0 saturated carbocycles. The summed E-state index contributed by atoms with van der Waals surface area (Å²) in [5, 5.41) is 0. The zero-order valence-corrected chi connectivity index (χ0v) is 12.6. The van der Waals surface area contributed by atoms with Crippen molar-refractivity contribution in [3.05, 3.63) is 36.4 Å². The maximum absolute atomic E-state index is 5.95. The normalized spacial score (nSPS) is 13.7. The fraction of sp³-hybridized carbons (Fsp3) is 0.529. The van der Waals surface area contributed by atoms with Crippen molar-refractivity contribution in [3.63, 3.8) is 0 Å². The van der Waals surface area contributed by atoms with E-state index in [-0.39, 0.29) is 6.10 Å². The molecule has 0 spiro atoms. The van der Waals surface area contributed by atoms with E-state index in [0.29, 0.717) is 5.76 Å². The third-order valence-electron chi connectivity index (χ3n) is 3.50. The largest absolute Gasteiger partial charge is 0.497 e. The number of hydrogen-bond donors (Lipinski definition) is 0. The van der Waals surface area contributed by atoms with E-state index in [4.69, 9.17) is 9.47 Å². The van der Waals surface area contributed by atoms with E-state index in [1.165, 1.54) is 12.8 Å². The van der Waals surface area contributed by atoms with Gasteiger partial charge in [-0.3, -0.25) is 0 Å². The number of benzene rings is 1. The second-order valence-corrected chi connectivity index (χ2v) is 5.17. The molecule has 0 aliphatic heterocycles. The van der Waals surface area contributed by atoms with Gasteiger partial charge in [-0.15, -0.1) is 0 Å². The first kappa shape index (κ1) is 15.6. The van der Waals surface area contributed by atoms with Crippen LogP contribution < -0.4 is 4.74 Å². The molecule has 0 amide bonds. The molecular weight excluding hydrogens is 236 g/mol. The molecule has 0 aliphatic rings. The van der Waals surface area contributed by atoms with Gasteiger partial charge in [0.25, 0.3) is 0 Å². The number of hydrogen-bond acceptors (Lipinski definition) is 2. The van der Waals surface area contributed by atoms with Crippen LogP contribution in [0, 0.1) is 5.92 Å². The van der Waals surface area contributed by atoms with E-state index in [1.807, 2.05) is 24.3 Å². The van der Waals surface area contributed by atoms with Crippen LogP contribution in [-0.2, 0) is 4.74 Å². The Kier molecular flexibility index (Phi) is 6.48. The highest BCUT2D eigenvalue weighted by atomic mass is 16.5. The lowest BCUT2D eigenvalue weighted by atomic mass is 10.0. The summed E-state index contributed by atoms with van der Waals surface area (Å²) < 4.78 is 11.1. The lowest BCUT2D eigenvalue weighted by molar-refractivity contribution is 0.199. The van der Waals surface area contributed by atoms with Crippen molar-refractivity contribution in [2.24, 2.45) is 5.92 Å². The maximum atomic E-state index is 5.95. The maximum Gasteiger partial charge on any atom is 0.120 e. The summed E-state index contributed by atoms with van der Waals surface area (Å²) in [5.74, 6) is 2.32. The van der Waals surface area contributed by atoms with Crippen molar-refractivity contribution >= 4 is 5.76 Å². The van der Waals surface area contributed by atoms with Gasteiger partial charge in [-0.1, -0.05) is 39.0 Å². The Morgan fingerprint density at radius 2 is 2.00 bits per heavy atom. The molecule has 1 rings (SSSR count). The Labute approximate surface area is 117 Å². The first-order chi connectivity index (χ1) is 9.06. The molecule has 0 heterocycles. The highest BCUT2D eigenvalue weighted by Gasteiger charge is 2.08. The summed E-state index contributed by atoms with van der Waals surface area (Å²) in [5.41, 5.74) is 0.967. The second-order valence-electron chi connectivity index (χ2n) is 5.17. The van der Waals surface area contributed by atoms with Gasteiger partial charge in [0.15, 0.2) is 0 Å². The summed E-state index contributed by atoms with van der Waals surface area (Å²) in [6.45, 7) is 10.5. The fourth-order valence-corrected chi connectivity index (χ4v) is 1.88. The molecule has 0 saturated heterocycles. The van der Waals surface area contributed by atoms with E-state index in [0.717, 1.165) is 23.7 Å². The molecule has 2 unspecified atom stereocenters. The van der Waals surface area contributed by atoms with E-state index in [9.17, 15) is 0 Å². The summed E-state index contributed by atoms with van der Waals surface area (Å²) in [4.78, 5) is 0. The molecule has 0 fully saturated rings. The molecule has 1 aromatic carbocycles. The average Bonchev–Trinajstić information content (AvgIpc) is 2.44. The quantitative estimate of drug-likeness (QED) is 0.620. The summed E-state index contributed by atoms with van der Waals surface area (Å²) in [6.07, 6.45) is 3.77. The lowest BCUT2D eigenvalue weighted by Gasteiger charge is -2.17. The molecule has 2 heteroatoms. The van der Waals surface area contributed by atoms with Gasteiger partial charge in [0.1, 0.15) is 11.5 Å². The zero-order chi connectivity index (χ0) is 14.3. The van der Waals surface area contributed by atoms with Crippen LogP contribution in [0.2, 0.25) is 0 Å². The molecule has 0 aromatic heterocycles. The van der Waals surface area contributed by atoms with Crippen molar-refractivity contribution in [2.45, 2.75) is 46.1 Å². The van der Waals surface area contributed by atoms with Crippen LogP contribution in [0.3, 0.4) is 0 Å². The first-order valence-electron chi connectivity index (χ1n) is 7.06. The standard InChI is InChI=1S/C17H26O2/c1-6-13(2)10-11-14(3)19-17-9-7-8-16(12-17)15(4)18-5/h7-9,12-14H,4,6,10-11H2,1-3,5H3. The van der Waals surface area contributed by atoms with Crippen LogP contribution in [0.4, 0.5) is 0 Å². The Hall–Kier alpha value is -1.44. The zero-order valence-electron chi connectivity index (χ0n) is 12.6. The van der Waals surface area contributed by atoms with Gasteiger partial charge in [0.2, 0.25) is 0 Å². The Bertz CT molecular complexity index is 398. The van der Waals surface area contributed by atoms with Crippen molar-refractivity contribution in [1.29, 1.82) is 0 Å². The van der Waals surface area contributed by atoms with Gasteiger partial charge < -0.3 is 9.47 Å². The summed E-state index contributed by atoms with van der Waals surface area (Å²) in [7, 11) is 1.63. The Balaban J connectivity index is 2.54. The van der Waals surface area contributed by atoms with Crippen molar-refractivity contribution in [2.75, 3.05) is 7.11 Å². The van der Waals surface area contributed by atoms with Crippen LogP contribution in [0.1, 0.15) is 45.6 Å². The second kappa shape index (κ2) is 7.88. The van der Waals surface area contributed by atoms with Gasteiger partial charge in [-0.05, 0) is 37.8 Å². The fourth-order valence-electron chi connectivity index (χ4n) is 1.88. The van der Waals surface area contributed by atoms with Crippen LogP contribution in [-0.4, -0.2) is 13.2 Å². The Morgan fingerprint density at radius 1 is 1.26 bits per heavy atom. The molecule has 2 atom stereocenters. The first-order valence-corrected chi connectivity index (χ1v) is 7.06. The van der Waals surface area contributed by atoms with E-state index in [2.05, 4.69) is 27.4 Å². The number of ether oxygens (including phenoxy) is 2. The molecule has 19 heavy (non-hydrogen) atoms. The van der Waals surface area contributed by atoms with E-state index in [1.54, 1.807) is 7.11 Å². The summed E-state index contributed by atoms with van der Waals surface area (Å²) in [6, 6.07) is 7.90. The summed E-state index contributed by atoms with van der Waals surface area (Å²) >= 11 is 0. The third kappa shape index (κ3) is 5.37. The van der Waals surface area contributed by atoms with Gasteiger partial charge in [-0.25, -0.2) is 0 Å². The molecule has 106 valence electrons. The van der Waals surface area contributed by atoms with E-state index >= 15 is 0 Å². The molecule has 0 radical (unpaired) electrons. The Morgan fingerprint density at radius 3 is 2.63 bits per heavy atom. The van der Waals surface area contributed by atoms with Crippen LogP contribution in [0.15, 0.2) is 30.8 Å². The van der Waals surface area contributed by atoms with Crippen LogP contribution in [0.5, 0.6) is 5.75 Å². The third-order valence-corrected chi connectivity index (χ3v) is 3.50. The number of rotatable bonds is 8. The van der Waals surface area contributed by atoms with Gasteiger partial charge in [-0.2, -0.15) is 0 Å². The van der Waals surface area contributed by atoms with E-state index < -0.39 is 0 Å². The van der Waals surface area contributed by atoms with Crippen LogP contribution in [0.25, 0.3) is 5.76 Å². The SMILES string of the molecule is C=C(OC)c1cccc(OC(C)CCC(C)CC)c1. The minimum atomic E-state index is 0.236. The minimum Gasteiger partial charge on any atom is -0.497 e. The highest BCUT2D eigenvalue weighted by Crippen LogP contribution is 2.22. The monoisotopic (exact) mass is 262 g/mol. The predicted molar refractivity (Wildman–Crippen MR) is 81.3 cm³/mol. The minimum absolute atomic E-state index is 0.236. The smallest absolute Gasteiger partial charge is 0.120 e. The van der Waals surface area contributed by atoms with Crippen molar-refractivity contribution < 1.29 is 9.47 Å². The molecule has 1 aromatic rings. The van der Waals surface area contributed by atoms with Gasteiger partial charge >= 0.3 is 0 Å². The molecule has 0 bridgehead atoms. The van der Waals surface area contributed by atoms with Gasteiger partial charge in [0.05, 0.1) is 13.2 Å². The van der Waals surface area contributed by atoms with Gasteiger partial charge in [0, 0.05) is 5.56 Å². The molecule has 0 N–H and O–H groups in total. The highest BCUT2D eigenvalue weighted by molar-refractivity contribution is 5.58. The molecule has 2 nitrogen and oxygen atoms in total. The van der Waals surface area contributed by atoms with Crippen LogP contribution >= 0.6 is 0 Å². The average molecular weight is 262 g/mol. The number of methoxy groups -OCH3 is 1. The van der Waals surface area contributed by atoms with Crippen molar-refractivity contribution in [3.8, 4) is 5.75 Å². The predicted octanol–water partition coefficient (Wildman–Crippen LogP) is 4.90. The van der Waals surface area contributed by atoms with Crippen molar-refractivity contribution in [1.82, 2.24) is 0 Å². The lowest BCUT2D eigenvalue weighted by Crippen LogP contribution is -2.13. The topological polar surface area (TPSA) is 18.5 Å². The molecular formula is C17H26O2.